The van der Waals surface area contributed by atoms with E-state index in [1.807, 2.05) is 67.6 Å². The lowest BCUT2D eigenvalue weighted by Crippen LogP contribution is -2.45. The number of nitrogens with zero attached hydrogens (tertiary/aromatic N) is 4. The van der Waals surface area contributed by atoms with Crippen molar-refractivity contribution in [3.8, 4) is 0 Å². The number of aliphatic imine (C=N–C) groups is 1. The normalized spacial score (nSPS) is 15.7. The predicted molar refractivity (Wildman–Crippen MR) is 149 cm³/mol. The molecule has 3 aromatic rings. The van der Waals surface area contributed by atoms with E-state index in [-0.39, 0.29) is 6.04 Å². The highest BCUT2D eigenvalue weighted by Crippen LogP contribution is 2.28. The number of carbonyl (C=O) groups is 1. The smallest absolute Gasteiger partial charge is 0.210 e. The second kappa shape index (κ2) is 13.8. The fourth-order valence-corrected chi connectivity index (χ4v) is 5.21. The number of hydrogen-bond donors (Lipinski definition) is 2. The van der Waals surface area contributed by atoms with Gasteiger partial charge in [0.15, 0.2) is 0 Å². The van der Waals surface area contributed by atoms with Gasteiger partial charge in [0, 0.05) is 25.8 Å². The minimum absolute atomic E-state index is 0.197. The van der Waals surface area contributed by atoms with Gasteiger partial charge in [-0.2, -0.15) is 0 Å². The summed E-state index contributed by atoms with van der Waals surface area (Å²) in [7, 11) is 0. The summed E-state index contributed by atoms with van der Waals surface area (Å²) in [6, 6.07) is 14.3. The molecule has 1 fully saturated rings. The first-order chi connectivity index (χ1) is 17.0. The molecule has 1 unspecified atom stereocenters. The molecule has 0 radical (unpaired) electrons. The molecule has 4 rings (SSSR count). The van der Waals surface area contributed by atoms with Crippen LogP contribution >= 0.6 is 23.1 Å². The first-order valence-corrected chi connectivity index (χ1v) is 13.2. The Bertz CT molecular complexity index is 1110. The van der Waals surface area contributed by atoms with Crippen molar-refractivity contribution < 1.29 is 4.79 Å². The summed E-state index contributed by atoms with van der Waals surface area (Å²) in [6.45, 7) is 12.2. The highest BCUT2D eigenvalue weighted by Gasteiger charge is 2.21. The van der Waals surface area contributed by atoms with Gasteiger partial charge in [0.25, 0.3) is 0 Å². The number of nitrogens with one attached hydrogen (secondary N) is 2. The van der Waals surface area contributed by atoms with Crippen molar-refractivity contribution in [2.75, 3.05) is 30.8 Å². The number of anilines is 1. The zero-order valence-electron chi connectivity index (χ0n) is 20.4. The van der Waals surface area contributed by atoms with E-state index in [2.05, 4.69) is 44.4 Å². The Hall–Kier alpha value is -3.01. The topological polar surface area (TPSA) is 82.5 Å². The van der Waals surface area contributed by atoms with Crippen LogP contribution in [0, 0.1) is 20.8 Å². The summed E-state index contributed by atoms with van der Waals surface area (Å²) in [5.74, 6) is 1.60. The molecular formula is C26H32N6OS2. The quantitative estimate of drug-likeness (QED) is 0.192. The standard InChI is InChI=1S/C15H18N4S2.C11H14N2O/c1-10-5-6-14(17-7-10)18-9-20-8-13(16-4)15-11(2)19-12(3)21-15;14-9-13-7-6-12-8-11(13)10-4-2-1-3-5-10/h5-8H,4,9H2,1-3H3,(H,17,18);1-5,9,11-12H,6-8H2/b13-8-;. The zero-order valence-corrected chi connectivity index (χ0v) is 22.0. The minimum Gasteiger partial charge on any atom is -0.361 e. The van der Waals surface area contributed by atoms with E-state index in [4.69, 9.17) is 0 Å². The summed E-state index contributed by atoms with van der Waals surface area (Å²) < 4.78 is 0. The Balaban J connectivity index is 0.000000211. The lowest BCUT2D eigenvalue weighted by Gasteiger charge is -2.33. The molecule has 1 atom stereocenters. The van der Waals surface area contributed by atoms with Crippen molar-refractivity contribution in [2.24, 2.45) is 4.99 Å². The third-order valence-corrected chi connectivity index (χ3v) is 7.15. The van der Waals surface area contributed by atoms with Gasteiger partial charge in [-0.15, -0.1) is 23.1 Å². The monoisotopic (exact) mass is 508 g/mol. The van der Waals surface area contributed by atoms with Crippen LogP contribution in [0.25, 0.3) is 5.70 Å². The average molecular weight is 509 g/mol. The van der Waals surface area contributed by atoms with E-state index in [0.29, 0.717) is 0 Å². The lowest BCUT2D eigenvalue weighted by molar-refractivity contribution is -0.121. The second-order valence-corrected chi connectivity index (χ2v) is 10.1. The van der Waals surface area contributed by atoms with Crippen LogP contribution in [-0.4, -0.2) is 53.5 Å². The van der Waals surface area contributed by atoms with Crippen LogP contribution in [0.5, 0.6) is 0 Å². The molecule has 9 heteroatoms. The van der Waals surface area contributed by atoms with Crippen LogP contribution < -0.4 is 10.6 Å². The number of piperazine rings is 1. The molecule has 1 aliphatic heterocycles. The third-order valence-electron chi connectivity index (χ3n) is 5.35. The molecule has 35 heavy (non-hydrogen) atoms. The first-order valence-electron chi connectivity index (χ1n) is 11.4. The number of pyridine rings is 1. The van der Waals surface area contributed by atoms with E-state index >= 15 is 0 Å². The van der Waals surface area contributed by atoms with E-state index in [9.17, 15) is 4.79 Å². The highest BCUT2D eigenvalue weighted by molar-refractivity contribution is 8.02. The van der Waals surface area contributed by atoms with Crippen LogP contribution in [-0.2, 0) is 4.79 Å². The highest BCUT2D eigenvalue weighted by atomic mass is 32.2. The molecule has 1 aromatic carbocycles. The van der Waals surface area contributed by atoms with Crippen LogP contribution in [0.4, 0.5) is 5.82 Å². The van der Waals surface area contributed by atoms with Crippen molar-refractivity contribution in [1.29, 1.82) is 0 Å². The SMILES string of the molecule is C=N/C(=C\SCNc1ccc(C)cn1)c1sc(C)nc1C.O=CN1CCNCC1c1ccccc1. The largest absolute Gasteiger partial charge is 0.361 e. The van der Waals surface area contributed by atoms with Gasteiger partial charge in [-0.3, -0.25) is 9.79 Å². The Morgan fingerprint density at radius 2 is 2.09 bits per heavy atom. The van der Waals surface area contributed by atoms with Crippen molar-refractivity contribution in [3.05, 3.63) is 80.8 Å². The molecule has 0 spiro atoms. The van der Waals surface area contributed by atoms with Gasteiger partial charge in [-0.1, -0.05) is 36.4 Å². The van der Waals surface area contributed by atoms with Gasteiger partial charge in [-0.25, -0.2) is 9.97 Å². The van der Waals surface area contributed by atoms with Crippen LogP contribution in [0.3, 0.4) is 0 Å². The maximum absolute atomic E-state index is 10.8. The Labute approximate surface area is 215 Å². The average Bonchev–Trinajstić information content (AvgIpc) is 3.23. The maximum Gasteiger partial charge on any atom is 0.210 e. The predicted octanol–water partition coefficient (Wildman–Crippen LogP) is 5.05. The van der Waals surface area contributed by atoms with Crippen molar-refractivity contribution >= 4 is 47.7 Å². The number of hydrogen-bond acceptors (Lipinski definition) is 8. The summed E-state index contributed by atoms with van der Waals surface area (Å²) >= 11 is 3.27. The molecule has 0 saturated carbocycles. The third kappa shape index (κ3) is 8.02. The van der Waals surface area contributed by atoms with Gasteiger partial charge in [0.1, 0.15) is 5.82 Å². The van der Waals surface area contributed by atoms with Crippen molar-refractivity contribution in [2.45, 2.75) is 26.8 Å². The summed E-state index contributed by atoms with van der Waals surface area (Å²) in [6.07, 6.45) is 2.79. The molecule has 0 aliphatic carbocycles. The molecule has 2 N–H and O–H groups in total. The molecule has 1 amide bonds. The van der Waals surface area contributed by atoms with Crippen LogP contribution in [0.1, 0.15) is 32.7 Å². The molecule has 0 bridgehead atoms. The van der Waals surface area contributed by atoms with Crippen LogP contribution in [0.15, 0.2) is 59.1 Å². The molecule has 1 saturated heterocycles. The number of rotatable bonds is 8. The fraction of sp³-hybridized carbons (Fsp3) is 0.308. The van der Waals surface area contributed by atoms with E-state index < -0.39 is 0 Å². The van der Waals surface area contributed by atoms with Gasteiger partial charge >= 0.3 is 0 Å². The Morgan fingerprint density at radius 3 is 2.71 bits per heavy atom. The van der Waals surface area contributed by atoms with E-state index in [1.165, 1.54) is 5.56 Å². The van der Waals surface area contributed by atoms with Crippen molar-refractivity contribution in [1.82, 2.24) is 20.2 Å². The summed E-state index contributed by atoms with van der Waals surface area (Å²) in [4.78, 5) is 26.6. The number of benzene rings is 1. The number of thioether (sulfide) groups is 1. The van der Waals surface area contributed by atoms with E-state index in [0.717, 1.165) is 64.6 Å². The summed E-state index contributed by atoms with van der Waals surface area (Å²) in [5.41, 5.74) is 4.24. The molecule has 7 nitrogen and oxygen atoms in total. The van der Waals surface area contributed by atoms with E-state index in [1.54, 1.807) is 23.1 Å². The summed E-state index contributed by atoms with van der Waals surface area (Å²) in [5, 5.41) is 9.61. The Kier molecular flexibility index (Phi) is 10.5. The molecule has 184 valence electrons. The van der Waals surface area contributed by atoms with Gasteiger partial charge < -0.3 is 15.5 Å². The van der Waals surface area contributed by atoms with Gasteiger partial charge in [0.2, 0.25) is 6.41 Å². The zero-order chi connectivity index (χ0) is 25.0. The fourth-order valence-electron chi connectivity index (χ4n) is 3.57. The van der Waals surface area contributed by atoms with Gasteiger partial charge in [-0.05, 0) is 50.1 Å². The Morgan fingerprint density at radius 1 is 1.29 bits per heavy atom. The van der Waals surface area contributed by atoms with Crippen molar-refractivity contribution in [3.63, 3.8) is 0 Å². The number of amides is 1. The van der Waals surface area contributed by atoms with Crippen LogP contribution in [0.2, 0.25) is 0 Å². The number of carbonyl (C=O) groups excluding carboxylic acids is 1. The molecule has 2 aromatic heterocycles. The number of aromatic nitrogens is 2. The molecule has 3 heterocycles. The molecule has 1 aliphatic rings. The van der Waals surface area contributed by atoms with Gasteiger partial charge in [0.05, 0.1) is 33.2 Å². The lowest BCUT2D eigenvalue weighted by atomic mass is 10.0. The minimum atomic E-state index is 0.197. The molecular weight excluding hydrogens is 476 g/mol. The second-order valence-electron chi connectivity index (χ2n) is 7.99. The first kappa shape index (κ1) is 26.6. The number of thiazole rings is 1. The maximum atomic E-state index is 10.8. The number of aryl methyl sites for hydroxylation is 3.